The molecule has 152 valence electrons. The molecule has 0 unspecified atom stereocenters. The summed E-state index contributed by atoms with van der Waals surface area (Å²) in [6.07, 6.45) is 5.67. The van der Waals surface area contributed by atoms with Gasteiger partial charge in [0.1, 0.15) is 11.8 Å². The van der Waals surface area contributed by atoms with Crippen LogP contribution >= 0.6 is 11.6 Å². The molecule has 2 aromatic rings. The summed E-state index contributed by atoms with van der Waals surface area (Å²) >= 11 is 6.41. The molecule has 6 nitrogen and oxygen atoms in total. The maximum Gasteiger partial charge on any atom is 0.153 e. The molecule has 0 radical (unpaired) electrons. The van der Waals surface area contributed by atoms with Crippen LogP contribution in [0.2, 0.25) is 5.02 Å². The summed E-state index contributed by atoms with van der Waals surface area (Å²) in [6.45, 7) is 3.44. The first kappa shape index (κ1) is 20.1. The van der Waals surface area contributed by atoms with Gasteiger partial charge in [-0.05, 0) is 44.1 Å². The van der Waals surface area contributed by atoms with Gasteiger partial charge in [0.15, 0.2) is 5.82 Å². The van der Waals surface area contributed by atoms with Crippen molar-refractivity contribution in [3.63, 3.8) is 0 Å². The molecule has 1 aliphatic heterocycles. The summed E-state index contributed by atoms with van der Waals surface area (Å²) < 4.78 is 0. The van der Waals surface area contributed by atoms with Gasteiger partial charge < -0.3 is 15.7 Å². The molecule has 4 rings (SSSR count). The van der Waals surface area contributed by atoms with Crippen molar-refractivity contribution in [3.8, 4) is 17.3 Å². The first-order chi connectivity index (χ1) is 14.0. The van der Waals surface area contributed by atoms with E-state index in [1.165, 1.54) is 12.8 Å². The molecule has 1 aromatic heterocycles. The second kappa shape index (κ2) is 7.91. The number of hydrogen-bond donors (Lipinski definition) is 2. The molecule has 2 aliphatic rings. The molecule has 1 saturated carbocycles. The zero-order valence-electron chi connectivity index (χ0n) is 16.7. The lowest BCUT2D eigenvalue weighted by Crippen LogP contribution is -2.47. The van der Waals surface area contributed by atoms with Gasteiger partial charge in [-0.3, -0.25) is 0 Å². The fourth-order valence-electron chi connectivity index (χ4n) is 4.91. The molecule has 1 aliphatic carbocycles. The number of aliphatic hydroxyl groups excluding tert-OH is 1. The zero-order chi connectivity index (χ0) is 20.6. The number of halogens is 1. The summed E-state index contributed by atoms with van der Waals surface area (Å²) in [4.78, 5) is 11.7. The van der Waals surface area contributed by atoms with E-state index in [0.29, 0.717) is 33.6 Å². The van der Waals surface area contributed by atoms with E-state index < -0.39 is 0 Å². The topological polar surface area (TPSA) is 99.1 Å². The molecule has 0 bridgehead atoms. The number of hydrogen-bond acceptors (Lipinski definition) is 6. The normalized spacial score (nSPS) is 20.8. The number of nitrogens with zero attached hydrogens (tertiary/aromatic N) is 4. The number of aromatic nitrogens is 2. The molecular weight excluding hydrogens is 386 g/mol. The highest BCUT2D eigenvalue weighted by Crippen LogP contribution is 2.46. The minimum atomic E-state index is -0.202. The standard InChI is InChI=1S/C22H26ClN5O/c1-14-20(16-5-2-4-15(12-24)19(16)23)27-17(13-29)21(26-14)28-10-8-22(9-11-28)7-3-6-18(22)25/h2,4-5,18,29H,3,6-11,13,25H2,1H3/t18-/m1/s1. The Morgan fingerprint density at radius 2 is 2.07 bits per heavy atom. The van der Waals surface area contributed by atoms with Crippen LogP contribution in [0, 0.1) is 23.7 Å². The summed E-state index contributed by atoms with van der Waals surface area (Å²) in [5, 5.41) is 19.6. The van der Waals surface area contributed by atoms with Crippen LogP contribution in [0.3, 0.4) is 0 Å². The van der Waals surface area contributed by atoms with Gasteiger partial charge in [-0.25, -0.2) is 9.97 Å². The number of rotatable bonds is 3. The first-order valence-corrected chi connectivity index (χ1v) is 10.5. The monoisotopic (exact) mass is 411 g/mol. The average molecular weight is 412 g/mol. The number of aryl methyl sites for hydroxylation is 1. The predicted molar refractivity (Wildman–Crippen MR) is 114 cm³/mol. The molecule has 3 N–H and O–H groups in total. The van der Waals surface area contributed by atoms with Gasteiger partial charge in [-0.15, -0.1) is 0 Å². The van der Waals surface area contributed by atoms with Crippen molar-refractivity contribution < 1.29 is 5.11 Å². The Morgan fingerprint density at radius 1 is 1.31 bits per heavy atom. The highest BCUT2D eigenvalue weighted by molar-refractivity contribution is 6.34. The largest absolute Gasteiger partial charge is 0.390 e. The zero-order valence-corrected chi connectivity index (χ0v) is 17.4. The maximum atomic E-state index is 9.99. The summed E-state index contributed by atoms with van der Waals surface area (Å²) in [7, 11) is 0. The van der Waals surface area contributed by atoms with Crippen molar-refractivity contribution in [3.05, 3.63) is 40.2 Å². The second-order valence-electron chi connectivity index (χ2n) is 8.21. The van der Waals surface area contributed by atoms with Crippen molar-refractivity contribution in [2.45, 2.75) is 51.7 Å². The van der Waals surface area contributed by atoms with Crippen molar-refractivity contribution >= 4 is 17.4 Å². The molecule has 1 atom stereocenters. The lowest BCUT2D eigenvalue weighted by molar-refractivity contribution is 0.196. The summed E-state index contributed by atoms with van der Waals surface area (Å²) in [5.41, 5.74) is 9.60. The Hall–Kier alpha value is -2.20. The van der Waals surface area contributed by atoms with Crippen molar-refractivity contribution in [1.82, 2.24) is 9.97 Å². The number of nitriles is 1. The van der Waals surface area contributed by atoms with Gasteiger partial charge in [0.05, 0.1) is 28.6 Å². The van der Waals surface area contributed by atoms with Gasteiger partial charge in [-0.1, -0.05) is 30.2 Å². The number of piperidine rings is 1. The Labute approximate surface area is 176 Å². The number of aliphatic hydroxyl groups is 1. The average Bonchev–Trinajstić information content (AvgIpc) is 3.08. The number of nitrogens with two attached hydrogens (primary N) is 1. The third-order valence-corrected chi connectivity index (χ3v) is 7.09. The van der Waals surface area contributed by atoms with Crippen molar-refractivity contribution in [1.29, 1.82) is 5.26 Å². The molecule has 2 heterocycles. The Morgan fingerprint density at radius 3 is 2.69 bits per heavy atom. The van der Waals surface area contributed by atoms with Gasteiger partial charge in [-0.2, -0.15) is 5.26 Å². The van der Waals surface area contributed by atoms with Crippen LogP contribution in [-0.2, 0) is 6.61 Å². The fraction of sp³-hybridized carbons (Fsp3) is 0.500. The summed E-state index contributed by atoms with van der Waals surface area (Å²) in [5.74, 6) is 0.739. The number of anilines is 1. The smallest absolute Gasteiger partial charge is 0.153 e. The molecule has 1 saturated heterocycles. The predicted octanol–water partition coefficient (Wildman–Crippen LogP) is 3.57. The van der Waals surface area contributed by atoms with Crippen LogP contribution in [0.15, 0.2) is 18.2 Å². The lowest BCUT2D eigenvalue weighted by atomic mass is 9.74. The van der Waals surface area contributed by atoms with Crippen LogP contribution in [0.4, 0.5) is 5.82 Å². The van der Waals surface area contributed by atoms with E-state index >= 15 is 0 Å². The van der Waals surface area contributed by atoms with E-state index in [1.807, 2.05) is 13.0 Å². The summed E-state index contributed by atoms with van der Waals surface area (Å²) in [6, 6.07) is 7.67. The molecule has 7 heteroatoms. The second-order valence-corrected chi connectivity index (χ2v) is 8.59. The Bertz CT molecular complexity index is 962. The van der Waals surface area contributed by atoms with Crippen LogP contribution in [-0.4, -0.2) is 34.2 Å². The van der Waals surface area contributed by atoms with E-state index in [2.05, 4.69) is 11.0 Å². The molecular formula is C22H26ClN5O. The van der Waals surface area contributed by atoms with E-state index in [1.54, 1.807) is 12.1 Å². The molecule has 0 amide bonds. The molecule has 29 heavy (non-hydrogen) atoms. The highest BCUT2D eigenvalue weighted by atomic mass is 35.5. The van der Waals surface area contributed by atoms with Gasteiger partial charge in [0.2, 0.25) is 0 Å². The van der Waals surface area contributed by atoms with Crippen LogP contribution in [0.5, 0.6) is 0 Å². The van der Waals surface area contributed by atoms with Gasteiger partial charge >= 0.3 is 0 Å². The van der Waals surface area contributed by atoms with Crippen LogP contribution in [0.1, 0.15) is 49.1 Å². The maximum absolute atomic E-state index is 9.99. The SMILES string of the molecule is Cc1nc(N2CCC3(CCC[C@H]3N)CC2)c(CO)nc1-c1cccc(C#N)c1Cl. The van der Waals surface area contributed by atoms with Crippen LogP contribution < -0.4 is 10.6 Å². The van der Waals surface area contributed by atoms with Crippen LogP contribution in [0.25, 0.3) is 11.3 Å². The fourth-order valence-corrected chi connectivity index (χ4v) is 5.17. The van der Waals surface area contributed by atoms with E-state index in [9.17, 15) is 10.4 Å². The minimum absolute atomic E-state index is 0.202. The molecule has 1 spiro atoms. The quantitative estimate of drug-likeness (QED) is 0.800. The van der Waals surface area contributed by atoms with Crippen molar-refractivity contribution in [2.24, 2.45) is 11.1 Å². The number of benzene rings is 1. The van der Waals surface area contributed by atoms with E-state index in [-0.39, 0.29) is 12.0 Å². The first-order valence-electron chi connectivity index (χ1n) is 10.2. The molecule has 1 aromatic carbocycles. The lowest BCUT2D eigenvalue weighted by Gasteiger charge is -2.42. The van der Waals surface area contributed by atoms with E-state index in [0.717, 1.165) is 43.9 Å². The molecule has 2 fully saturated rings. The van der Waals surface area contributed by atoms with E-state index in [4.69, 9.17) is 27.3 Å². The highest BCUT2D eigenvalue weighted by Gasteiger charge is 2.43. The van der Waals surface area contributed by atoms with Crippen molar-refractivity contribution in [2.75, 3.05) is 18.0 Å². The third-order valence-electron chi connectivity index (χ3n) is 6.68. The Balaban J connectivity index is 1.65. The Kier molecular flexibility index (Phi) is 5.48. The van der Waals surface area contributed by atoms with Gasteiger partial charge in [0.25, 0.3) is 0 Å². The minimum Gasteiger partial charge on any atom is -0.390 e. The van der Waals surface area contributed by atoms with Gasteiger partial charge in [0, 0.05) is 24.7 Å². The third kappa shape index (κ3) is 3.48.